The first-order valence-corrected chi connectivity index (χ1v) is 15.9. The van der Waals surface area contributed by atoms with Crippen molar-refractivity contribution in [3.05, 3.63) is 135 Å². The maximum atomic E-state index is 14.0. The van der Waals surface area contributed by atoms with Gasteiger partial charge in [0.1, 0.15) is 0 Å². The summed E-state index contributed by atoms with van der Waals surface area (Å²) in [4.78, 5) is 43.2. The molecule has 242 valence electrons. The van der Waals surface area contributed by atoms with Gasteiger partial charge in [-0.25, -0.2) is 0 Å². The summed E-state index contributed by atoms with van der Waals surface area (Å²) < 4.78 is 6.63. The number of fused-ring (bicyclic) bond motifs is 2. The van der Waals surface area contributed by atoms with E-state index in [0.29, 0.717) is 34.9 Å². The molecule has 9 nitrogen and oxygen atoms in total. The molecule has 0 unspecified atom stereocenters. The van der Waals surface area contributed by atoms with Crippen molar-refractivity contribution in [1.29, 1.82) is 0 Å². The van der Waals surface area contributed by atoms with E-state index in [1.165, 1.54) is 16.6 Å². The first kappa shape index (κ1) is 32.2. The molecule has 2 aliphatic rings. The highest BCUT2D eigenvalue weighted by Crippen LogP contribution is 2.46. The van der Waals surface area contributed by atoms with Gasteiger partial charge in [-0.05, 0) is 65.6 Å². The monoisotopic (exact) mass is 653 g/mol. The third-order valence-corrected chi connectivity index (χ3v) is 9.42. The van der Waals surface area contributed by atoms with Crippen LogP contribution in [0, 0.1) is 5.92 Å². The Bertz CT molecular complexity index is 1910. The number of methoxy groups -OCH3 is 1. The Labute approximate surface area is 277 Å². The van der Waals surface area contributed by atoms with Crippen LogP contribution in [-0.2, 0) is 34.7 Å². The molecule has 0 radical (unpaired) electrons. The number of halogens is 1. The van der Waals surface area contributed by atoms with Gasteiger partial charge in [-0.2, -0.15) is 0 Å². The Kier molecular flexibility index (Phi) is 9.05. The van der Waals surface area contributed by atoms with Crippen molar-refractivity contribution in [3.8, 4) is 11.4 Å². The summed E-state index contributed by atoms with van der Waals surface area (Å²) in [5.74, 6) is -1.10. The van der Waals surface area contributed by atoms with Gasteiger partial charge in [0.25, 0.3) is 11.5 Å². The number of ether oxygens (including phenoxy) is 1. The zero-order valence-electron chi connectivity index (χ0n) is 26.2. The molecule has 47 heavy (non-hydrogen) atoms. The Morgan fingerprint density at radius 1 is 1.06 bits per heavy atom. The van der Waals surface area contributed by atoms with Crippen molar-refractivity contribution in [2.24, 2.45) is 5.92 Å². The lowest BCUT2D eigenvalue weighted by molar-refractivity contribution is -0.139. The lowest BCUT2D eigenvalue weighted by Gasteiger charge is -2.36. The molecule has 0 fully saturated rings. The lowest BCUT2D eigenvalue weighted by Crippen LogP contribution is -2.46. The van der Waals surface area contributed by atoms with Crippen molar-refractivity contribution < 1.29 is 24.5 Å². The van der Waals surface area contributed by atoms with E-state index in [2.05, 4.69) is 0 Å². The van der Waals surface area contributed by atoms with Crippen LogP contribution in [0.3, 0.4) is 0 Å². The van der Waals surface area contributed by atoms with Gasteiger partial charge in [0.05, 0.1) is 32.0 Å². The summed E-state index contributed by atoms with van der Waals surface area (Å²) in [7, 11) is 1.45. The number of aliphatic hydroxyl groups excluding tert-OH is 1. The summed E-state index contributed by atoms with van der Waals surface area (Å²) in [6, 6.07) is 23.2. The maximum Gasteiger partial charge on any atom is 0.297 e. The number of carbonyl (C=O) groups excluding carboxylic acids is 2. The number of nitrogens with zero attached hydrogens (tertiary/aromatic N) is 3. The fourth-order valence-corrected chi connectivity index (χ4v) is 6.70. The van der Waals surface area contributed by atoms with Crippen LogP contribution in [0.25, 0.3) is 5.69 Å². The van der Waals surface area contributed by atoms with Gasteiger partial charge in [-0.15, -0.1) is 0 Å². The van der Waals surface area contributed by atoms with Gasteiger partial charge in [0, 0.05) is 41.4 Å². The Morgan fingerprint density at radius 2 is 1.81 bits per heavy atom. The van der Waals surface area contributed by atoms with Crippen LogP contribution in [-0.4, -0.2) is 51.3 Å². The molecule has 1 aromatic heterocycles. The van der Waals surface area contributed by atoms with Crippen LogP contribution in [0.5, 0.6) is 5.75 Å². The van der Waals surface area contributed by atoms with E-state index in [4.69, 9.17) is 16.3 Å². The highest BCUT2D eigenvalue weighted by molar-refractivity contribution is 6.31. The van der Waals surface area contributed by atoms with E-state index in [-0.39, 0.29) is 42.8 Å². The molecule has 2 amide bonds. The number of aromatic nitrogens is 1. The third-order valence-electron chi connectivity index (χ3n) is 9.18. The predicted molar refractivity (Wildman–Crippen MR) is 180 cm³/mol. The standard InChI is InChI=1S/C37H36ClN3O6/c1-24(7-5-11-34(43)40-22-27-9-4-3-8-26(27)19-30(40)23-42)37(46)31-20-28(38)14-17-32(31)41(36(37)45)21-25-12-15-29(16-13-25)39-18-6-10-33(47-2)35(39)44/h3-10,12-18,20,24,30,42,46H,11,19,21-23H2,1-2H3/b7-5+/t24-,30+,37+/m1/s1. The lowest BCUT2D eigenvalue weighted by atomic mass is 9.83. The first-order chi connectivity index (χ1) is 22.6. The van der Waals surface area contributed by atoms with E-state index in [1.807, 2.05) is 36.4 Å². The van der Waals surface area contributed by atoms with Crippen LogP contribution in [0.1, 0.15) is 35.6 Å². The fraction of sp³-hybridized carbons (Fsp3) is 0.270. The molecule has 0 aliphatic carbocycles. The Morgan fingerprint density at radius 3 is 2.53 bits per heavy atom. The van der Waals surface area contributed by atoms with Gasteiger partial charge in [0.15, 0.2) is 11.4 Å². The van der Waals surface area contributed by atoms with Crippen molar-refractivity contribution in [2.75, 3.05) is 18.6 Å². The zero-order chi connectivity index (χ0) is 33.3. The molecule has 3 atom stereocenters. The van der Waals surface area contributed by atoms with Gasteiger partial charge in [-0.1, -0.05) is 67.1 Å². The molecule has 0 saturated carbocycles. The highest BCUT2D eigenvalue weighted by Gasteiger charge is 2.52. The minimum absolute atomic E-state index is 0.0577. The largest absolute Gasteiger partial charge is 0.491 e. The minimum Gasteiger partial charge on any atom is -0.491 e. The van der Waals surface area contributed by atoms with Crippen molar-refractivity contribution in [3.63, 3.8) is 0 Å². The molecule has 0 spiro atoms. The van der Waals surface area contributed by atoms with Crippen LogP contribution in [0.4, 0.5) is 5.69 Å². The normalized spacial score (nSPS) is 19.5. The molecule has 2 N–H and O–H groups in total. The number of carbonyl (C=O) groups is 2. The van der Waals surface area contributed by atoms with Gasteiger partial charge in [0.2, 0.25) is 5.91 Å². The van der Waals surface area contributed by atoms with Crippen LogP contribution < -0.4 is 15.2 Å². The van der Waals surface area contributed by atoms with Crippen molar-refractivity contribution in [1.82, 2.24) is 9.47 Å². The number of benzene rings is 3. The smallest absolute Gasteiger partial charge is 0.297 e. The number of rotatable bonds is 9. The number of hydrogen-bond acceptors (Lipinski definition) is 6. The SMILES string of the molecule is COc1cccn(-c2ccc(CN3C(=O)[C@](O)([C@H](C)/C=C/CC(=O)N4Cc5ccccc5C[C@H]4CO)c4cc(Cl)ccc43)cc2)c1=O. The molecular weight excluding hydrogens is 618 g/mol. The van der Waals surface area contributed by atoms with Gasteiger partial charge >= 0.3 is 0 Å². The average Bonchev–Trinajstić information content (AvgIpc) is 3.29. The maximum absolute atomic E-state index is 14.0. The van der Waals surface area contributed by atoms with Crippen molar-refractivity contribution >= 4 is 29.1 Å². The van der Waals surface area contributed by atoms with Gasteiger partial charge in [-0.3, -0.25) is 19.0 Å². The molecule has 0 saturated heterocycles. The van der Waals surface area contributed by atoms with Crippen LogP contribution in [0.15, 0.2) is 102 Å². The van der Waals surface area contributed by atoms with Crippen molar-refractivity contribution in [2.45, 2.75) is 44.5 Å². The molecule has 6 rings (SSSR count). The molecule has 10 heteroatoms. The summed E-state index contributed by atoms with van der Waals surface area (Å²) in [6.45, 7) is 2.20. The number of hydrogen-bond donors (Lipinski definition) is 2. The van der Waals surface area contributed by atoms with E-state index in [9.17, 15) is 24.6 Å². The quantitative estimate of drug-likeness (QED) is 0.252. The van der Waals surface area contributed by atoms with Crippen LogP contribution >= 0.6 is 11.6 Å². The third kappa shape index (κ3) is 5.98. The fourth-order valence-electron chi connectivity index (χ4n) is 6.53. The first-order valence-electron chi connectivity index (χ1n) is 15.5. The zero-order valence-corrected chi connectivity index (χ0v) is 26.9. The Hall–Kier alpha value is -4.70. The highest BCUT2D eigenvalue weighted by atomic mass is 35.5. The summed E-state index contributed by atoms with van der Waals surface area (Å²) in [5.41, 5.74) is 2.37. The second-order valence-electron chi connectivity index (χ2n) is 12.0. The number of aliphatic hydroxyl groups is 2. The number of amides is 2. The second kappa shape index (κ2) is 13.2. The molecule has 2 aliphatic heterocycles. The Balaban J connectivity index is 1.20. The number of pyridine rings is 1. The van der Waals surface area contributed by atoms with Crippen LogP contribution in [0.2, 0.25) is 5.02 Å². The van der Waals surface area contributed by atoms with Gasteiger partial charge < -0.3 is 24.7 Å². The predicted octanol–water partition coefficient (Wildman–Crippen LogP) is 4.76. The molecule has 4 aromatic rings. The van der Waals surface area contributed by atoms with E-state index in [1.54, 1.807) is 72.6 Å². The minimum atomic E-state index is -1.91. The average molecular weight is 654 g/mol. The van der Waals surface area contributed by atoms with E-state index in [0.717, 1.165) is 16.7 Å². The molecular formula is C37H36ClN3O6. The molecule has 3 aromatic carbocycles. The topological polar surface area (TPSA) is 112 Å². The summed E-state index contributed by atoms with van der Waals surface area (Å²) in [5, 5.41) is 22.4. The van der Waals surface area contributed by atoms with E-state index < -0.39 is 17.4 Å². The summed E-state index contributed by atoms with van der Waals surface area (Å²) >= 11 is 6.35. The summed E-state index contributed by atoms with van der Waals surface area (Å²) in [6.07, 6.45) is 5.67. The van der Waals surface area contributed by atoms with E-state index >= 15 is 0 Å². The number of anilines is 1. The molecule has 3 heterocycles. The second-order valence-corrected chi connectivity index (χ2v) is 12.4. The molecule has 0 bridgehead atoms.